The Kier molecular flexibility index (Phi) is 2.93. The summed E-state index contributed by atoms with van der Waals surface area (Å²) < 4.78 is 2.11. The summed E-state index contributed by atoms with van der Waals surface area (Å²) in [5.74, 6) is 1.57. The SMILES string of the molecule is CC(C)c1nnc2n1N1C(=CSC1c1cccc(O)c1)S2. The van der Waals surface area contributed by atoms with E-state index in [1.807, 2.05) is 18.2 Å². The maximum absolute atomic E-state index is 9.73. The summed E-state index contributed by atoms with van der Waals surface area (Å²) in [5.41, 5.74) is 1.07. The van der Waals surface area contributed by atoms with E-state index in [0.29, 0.717) is 11.7 Å². The van der Waals surface area contributed by atoms with Crippen LogP contribution in [0.25, 0.3) is 0 Å². The molecule has 0 saturated heterocycles. The lowest BCUT2D eigenvalue weighted by Gasteiger charge is -2.26. The van der Waals surface area contributed by atoms with Gasteiger partial charge < -0.3 is 5.11 Å². The van der Waals surface area contributed by atoms with Crippen LogP contribution in [0.15, 0.2) is 39.9 Å². The highest BCUT2D eigenvalue weighted by Crippen LogP contribution is 2.51. The molecule has 0 fully saturated rings. The van der Waals surface area contributed by atoms with Crippen molar-refractivity contribution in [1.29, 1.82) is 0 Å². The second-order valence-corrected chi connectivity index (χ2v) is 7.24. The first-order chi connectivity index (χ1) is 10.1. The van der Waals surface area contributed by atoms with Crippen molar-refractivity contribution in [2.75, 3.05) is 5.01 Å². The summed E-state index contributed by atoms with van der Waals surface area (Å²) in [7, 11) is 0. The Labute approximate surface area is 131 Å². The third-order valence-corrected chi connectivity index (χ3v) is 5.65. The van der Waals surface area contributed by atoms with Crippen LogP contribution in [0.5, 0.6) is 5.75 Å². The van der Waals surface area contributed by atoms with E-state index in [0.717, 1.165) is 16.5 Å². The third kappa shape index (κ3) is 1.95. The van der Waals surface area contributed by atoms with Crippen molar-refractivity contribution in [3.05, 3.63) is 46.1 Å². The fourth-order valence-electron chi connectivity index (χ4n) is 2.52. The molecular formula is C14H14N4OS2. The maximum atomic E-state index is 9.73. The minimum absolute atomic E-state index is 0.106. The number of fused-ring (bicyclic) bond motifs is 3. The normalized spacial score (nSPS) is 19.9. The molecule has 1 atom stereocenters. The van der Waals surface area contributed by atoms with Crippen LogP contribution in [-0.2, 0) is 0 Å². The molecule has 108 valence electrons. The smallest absolute Gasteiger partial charge is 0.216 e. The van der Waals surface area contributed by atoms with E-state index >= 15 is 0 Å². The van der Waals surface area contributed by atoms with Crippen molar-refractivity contribution >= 4 is 23.5 Å². The van der Waals surface area contributed by atoms with E-state index in [9.17, 15) is 5.11 Å². The molecule has 1 unspecified atom stereocenters. The molecule has 1 aromatic heterocycles. The minimum Gasteiger partial charge on any atom is -0.508 e. The van der Waals surface area contributed by atoms with Crippen molar-refractivity contribution in [2.24, 2.45) is 0 Å². The van der Waals surface area contributed by atoms with Crippen LogP contribution in [0.4, 0.5) is 0 Å². The van der Waals surface area contributed by atoms with Crippen LogP contribution >= 0.6 is 23.5 Å². The third-order valence-electron chi connectivity index (χ3n) is 3.46. The van der Waals surface area contributed by atoms with Crippen molar-refractivity contribution in [1.82, 2.24) is 14.9 Å². The van der Waals surface area contributed by atoms with E-state index < -0.39 is 0 Å². The van der Waals surface area contributed by atoms with Gasteiger partial charge >= 0.3 is 0 Å². The van der Waals surface area contributed by atoms with Gasteiger partial charge in [0.05, 0.1) is 0 Å². The number of phenolic OH excluding ortho intramolecular Hbond substituents is 1. The minimum atomic E-state index is 0.106. The lowest BCUT2D eigenvalue weighted by molar-refractivity contribution is 0.474. The van der Waals surface area contributed by atoms with Gasteiger partial charge in [0, 0.05) is 11.3 Å². The quantitative estimate of drug-likeness (QED) is 0.916. The molecule has 0 saturated carbocycles. The Balaban J connectivity index is 1.79. The zero-order chi connectivity index (χ0) is 14.6. The zero-order valence-electron chi connectivity index (χ0n) is 11.6. The van der Waals surface area contributed by atoms with Crippen molar-refractivity contribution in [2.45, 2.75) is 30.3 Å². The van der Waals surface area contributed by atoms with Gasteiger partial charge in [0.2, 0.25) is 5.16 Å². The topological polar surface area (TPSA) is 54.2 Å². The standard InChI is InChI=1S/C14H14N4OS2/c1-8(2)12-15-16-14-18(12)17-11(21-14)7-20-13(17)9-4-3-5-10(19)6-9/h3-8,13,19H,1-2H3. The van der Waals surface area contributed by atoms with Gasteiger partial charge in [-0.3, -0.25) is 5.01 Å². The number of phenols is 1. The highest BCUT2D eigenvalue weighted by atomic mass is 32.2. The Morgan fingerprint density at radius 1 is 1.29 bits per heavy atom. The summed E-state index contributed by atoms with van der Waals surface area (Å²) in [5, 5.41) is 24.9. The second kappa shape index (κ2) is 4.71. The number of hydrogen-bond donors (Lipinski definition) is 1. The van der Waals surface area contributed by atoms with Crippen LogP contribution < -0.4 is 5.01 Å². The molecule has 0 amide bonds. The predicted octanol–water partition coefficient (Wildman–Crippen LogP) is 3.40. The molecule has 1 aromatic carbocycles. The number of thioether (sulfide) groups is 2. The highest BCUT2D eigenvalue weighted by molar-refractivity contribution is 8.07. The van der Waals surface area contributed by atoms with Crippen LogP contribution in [0.3, 0.4) is 0 Å². The van der Waals surface area contributed by atoms with E-state index in [-0.39, 0.29) is 5.37 Å². The molecule has 1 N–H and O–H groups in total. The summed E-state index contributed by atoms with van der Waals surface area (Å²) >= 11 is 3.38. The first-order valence-electron chi connectivity index (χ1n) is 6.72. The van der Waals surface area contributed by atoms with Crippen LogP contribution in [-0.4, -0.2) is 20.0 Å². The lowest BCUT2D eigenvalue weighted by Crippen LogP contribution is -2.31. The Morgan fingerprint density at radius 2 is 2.14 bits per heavy atom. The zero-order valence-corrected chi connectivity index (χ0v) is 13.2. The highest BCUT2D eigenvalue weighted by Gasteiger charge is 2.39. The number of hydrogen-bond acceptors (Lipinski definition) is 6. The molecule has 0 bridgehead atoms. The van der Waals surface area contributed by atoms with E-state index in [1.54, 1.807) is 29.6 Å². The molecule has 2 aliphatic rings. The monoisotopic (exact) mass is 318 g/mol. The van der Waals surface area contributed by atoms with Crippen LogP contribution in [0, 0.1) is 0 Å². The summed E-state index contributed by atoms with van der Waals surface area (Å²) in [6, 6.07) is 7.43. The molecular weight excluding hydrogens is 304 g/mol. The summed E-state index contributed by atoms with van der Waals surface area (Å²) in [6.07, 6.45) is 0. The fourth-order valence-corrected chi connectivity index (χ4v) is 4.74. The van der Waals surface area contributed by atoms with Gasteiger partial charge in [-0.1, -0.05) is 37.7 Å². The number of nitrogens with zero attached hydrogens (tertiary/aromatic N) is 4. The number of aromatic hydroxyl groups is 1. The Morgan fingerprint density at radius 3 is 2.90 bits per heavy atom. The molecule has 0 aliphatic carbocycles. The largest absolute Gasteiger partial charge is 0.508 e. The van der Waals surface area contributed by atoms with Gasteiger partial charge in [0.25, 0.3) is 0 Å². The average molecular weight is 318 g/mol. The van der Waals surface area contributed by atoms with E-state index in [4.69, 9.17) is 0 Å². The van der Waals surface area contributed by atoms with Gasteiger partial charge in [-0.2, -0.15) is 0 Å². The number of benzene rings is 1. The summed E-state index contributed by atoms with van der Waals surface area (Å²) in [6.45, 7) is 4.24. The molecule has 0 radical (unpaired) electrons. The Hall–Kier alpha value is -1.60. The Bertz CT molecular complexity index is 740. The maximum Gasteiger partial charge on any atom is 0.216 e. The molecule has 21 heavy (non-hydrogen) atoms. The fraction of sp³-hybridized carbons (Fsp3) is 0.286. The first-order valence-corrected chi connectivity index (χ1v) is 8.48. The van der Waals surface area contributed by atoms with Gasteiger partial charge in [-0.25, -0.2) is 4.68 Å². The first kappa shape index (κ1) is 13.1. The van der Waals surface area contributed by atoms with Crippen LogP contribution in [0.2, 0.25) is 0 Å². The van der Waals surface area contributed by atoms with Gasteiger partial charge in [-0.15, -0.1) is 10.2 Å². The molecule has 0 spiro atoms. The van der Waals surface area contributed by atoms with Gasteiger partial charge in [0.1, 0.15) is 16.2 Å². The molecule has 7 heteroatoms. The molecule has 5 nitrogen and oxygen atoms in total. The molecule has 2 aliphatic heterocycles. The molecule has 3 heterocycles. The van der Waals surface area contributed by atoms with Crippen molar-refractivity contribution in [3.63, 3.8) is 0 Å². The number of aromatic nitrogens is 3. The van der Waals surface area contributed by atoms with E-state index in [1.165, 1.54) is 5.03 Å². The predicted molar refractivity (Wildman–Crippen MR) is 84.7 cm³/mol. The van der Waals surface area contributed by atoms with Gasteiger partial charge in [0.15, 0.2) is 5.82 Å². The number of rotatable bonds is 2. The average Bonchev–Trinajstić information content (AvgIpc) is 3.08. The molecule has 4 rings (SSSR count). The second-order valence-electron chi connectivity index (χ2n) is 5.29. The van der Waals surface area contributed by atoms with Crippen molar-refractivity contribution < 1.29 is 5.11 Å². The van der Waals surface area contributed by atoms with Gasteiger partial charge in [-0.05, 0) is 29.5 Å². The molecule has 2 aromatic rings. The van der Waals surface area contributed by atoms with E-state index in [2.05, 4.69) is 39.1 Å². The lowest BCUT2D eigenvalue weighted by atomic mass is 10.2. The van der Waals surface area contributed by atoms with Crippen LogP contribution in [0.1, 0.15) is 36.5 Å². The summed E-state index contributed by atoms with van der Waals surface area (Å²) in [4.78, 5) is 0. The van der Waals surface area contributed by atoms with Crippen molar-refractivity contribution in [3.8, 4) is 5.75 Å².